The van der Waals surface area contributed by atoms with E-state index < -0.39 is 0 Å². The summed E-state index contributed by atoms with van der Waals surface area (Å²) >= 11 is 0. The molecule has 3 aliphatic heterocycles. The number of ether oxygens (including phenoxy) is 6. The molecule has 0 amide bonds. The van der Waals surface area contributed by atoms with Crippen LogP contribution in [-0.2, 0) is 25.6 Å². The fourth-order valence-electron chi connectivity index (χ4n) is 6.38. The normalized spacial score (nSPS) is 22.4. The van der Waals surface area contributed by atoms with Gasteiger partial charge in [-0.25, -0.2) is 0 Å². The Morgan fingerprint density at radius 1 is 0.814 bits per heavy atom. The third-order valence-corrected chi connectivity index (χ3v) is 8.68. The van der Waals surface area contributed by atoms with E-state index in [1.54, 1.807) is 14.2 Å². The zero-order valence-corrected chi connectivity index (χ0v) is 26.1. The summed E-state index contributed by atoms with van der Waals surface area (Å²) in [6.45, 7) is 10.9. The van der Waals surface area contributed by atoms with Crippen LogP contribution in [0.2, 0.25) is 0 Å². The van der Waals surface area contributed by atoms with E-state index in [1.165, 1.54) is 31.5 Å². The van der Waals surface area contributed by atoms with Crippen molar-refractivity contribution < 1.29 is 28.4 Å². The van der Waals surface area contributed by atoms with Crippen molar-refractivity contribution in [2.45, 2.75) is 50.4 Å². The molecule has 238 valence electrons. The lowest BCUT2D eigenvalue weighted by Gasteiger charge is -2.39. The number of nitrogens with zero attached hydrogens (tertiary/aromatic N) is 2. The van der Waals surface area contributed by atoms with Crippen molar-refractivity contribution in [3.63, 3.8) is 0 Å². The molecule has 5 rings (SSSR count). The Kier molecular flexibility index (Phi) is 12.8. The van der Waals surface area contributed by atoms with Gasteiger partial charge in [-0.15, -0.1) is 0 Å². The zero-order valence-electron chi connectivity index (χ0n) is 26.1. The number of likely N-dealkylation sites (tertiary alicyclic amines) is 1. The van der Waals surface area contributed by atoms with Crippen molar-refractivity contribution >= 4 is 5.69 Å². The average Bonchev–Trinajstić information content (AvgIpc) is 3.56. The summed E-state index contributed by atoms with van der Waals surface area (Å²) in [7, 11) is 3.47. The van der Waals surface area contributed by atoms with Gasteiger partial charge in [-0.3, -0.25) is 0 Å². The second-order valence-electron chi connectivity index (χ2n) is 11.7. The van der Waals surface area contributed by atoms with E-state index >= 15 is 0 Å². The summed E-state index contributed by atoms with van der Waals surface area (Å²) < 4.78 is 35.6. The maximum atomic E-state index is 6.72. The minimum Gasteiger partial charge on any atom is -0.494 e. The molecule has 2 aromatic carbocycles. The van der Waals surface area contributed by atoms with E-state index in [0.29, 0.717) is 26.4 Å². The second-order valence-corrected chi connectivity index (χ2v) is 11.7. The van der Waals surface area contributed by atoms with Crippen molar-refractivity contribution in [3.8, 4) is 11.5 Å². The van der Waals surface area contributed by atoms with Crippen LogP contribution in [0.1, 0.15) is 42.7 Å². The van der Waals surface area contributed by atoms with Gasteiger partial charge in [0.05, 0.1) is 44.3 Å². The summed E-state index contributed by atoms with van der Waals surface area (Å²) in [6.07, 6.45) is 4.45. The smallest absolute Gasteiger partial charge is 0.142 e. The summed E-state index contributed by atoms with van der Waals surface area (Å²) in [4.78, 5) is 4.91. The molecule has 2 fully saturated rings. The molecule has 1 N–H and O–H groups in total. The van der Waals surface area contributed by atoms with Gasteiger partial charge in [0.2, 0.25) is 0 Å². The van der Waals surface area contributed by atoms with E-state index in [0.717, 1.165) is 81.5 Å². The molecule has 0 bridgehead atoms. The highest BCUT2D eigenvalue weighted by Crippen LogP contribution is 2.35. The molecule has 0 saturated carbocycles. The van der Waals surface area contributed by atoms with Crippen molar-refractivity contribution in [1.29, 1.82) is 0 Å². The van der Waals surface area contributed by atoms with Crippen molar-refractivity contribution in [1.82, 2.24) is 10.2 Å². The van der Waals surface area contributed by atoms with Gasteiger partial charge in [0, 0.05) is 66.0 Å². The molecule has 3 heterocycles. The molecule has 3 atom stereocenters. The number of fused-ring (bicyclic) bond motifs is 1. The molecule has 2 unspecified atom stereocenters. The minimum atomic E-state index is -0.0240. The molecule has 3 aliphatic rings. The van der Waals surface area contributed by atoms with Gasteiger partial charge in [0.15, 0.2) is 0 Å². The third kappa shape index (κ3) is 9.30. The fourth-order valence-corrected chi connectivity index (χ4v) is 6.38. The van der Waals surface area contributed by atoms with Crippen LogP contribution in [0.25, 0.3) is 0 Å². The van der Waals surface area contributed by atoms with Gasteiger partial charge in [-0.1, -0.05) is 18.2 Å². The highest BCUT2D eigenvalue weighted by Gasteiger charge is 2.36. The van der Waals surface area contributed by atoms with Crippen molar-refractivity contribution in [3.05, 3.63) is 53.6 Å². The molecule has 9 nitrogen and oxygen atoms in total. The lowest BCUT2D eigenvalue weighted by atomic mass is 9.85. The number of nitrogens with one attached hydrogen (secondary N) is 1. The first kappa shape index (κ1) is 32.0. The summed E-state index contributed by atoms with van der Waals surface area (Å²) in [5, 5.41) is 3.60. The lowest BCUT2D eigenvalue weighted by Crippen LogP contribution is -2.51. The predicted molar refractivity (Wildman–Crippen MR) is 169 cm³/mol. The van der Waals surface area contributed by atoms with Crippen LogP contribution < -0.4 is 19.7 Å². The van der Waals surface area contributed by atoms with Crippen molar-refractivity contribution in [2.24, 2.45) is 0 Å². The van der Waals surface area contributed by atoms with Gasteiger partial charge >= 0.3 is 0 Å². The standard InChI is InChI=1S/C34H51N3O6/c1-38-18-5-15-37-17-22-41-31-12-7-27(23-30(31)37)26-43-33-25-35-24-32(42-21-16-36-13-3-4-14-36)34(33)28-8-10-29(11-9-28)40-20-6-19-39-2/h7-12,23,32-35H,3-6,13-22,24-26H2,1-2H3/t32?,33-,34?/m0/s1. The van der Waals surface area contributed by atoms with Gasteiger partial charge in [-0.05, 0) is 67.7 Å². The highest BCUT2D eigenvalue weighted by molar-refractivity contribution is 5.61. The Morgan fingerprint density at radius 3 is 2.37 bits per heavy atom. The predicted octanol–water partition coefficient (Wildman–Crippen LogP) is 4.09. The molecule has 0 aromatic heterocycles. The number of hydrogen-bond donors (Lipinski definition) is 1. The number of anilines is 1. The molecule has 9 heteroatoms. The number of hydrogen-bond acceptors (Lipinski definition) is 9. The molecular formula is C34H51N3O6. The quantitative estimate of drug-likeness (QED) is 0.272. The van der Waals surface area contributed by atoms with Gasteiger partial charge in [0.1, 0.15) is 18.1 Å². The van der Waals surface area contributed by atoms with E-state index in [1.807, 2.05) is 0 Å². The average molecular weight is 598 g/mol. The van der Waals surface area contributed by atoms with E-state index in [4.69, 9.17) is 28.4 Å². The maximum Gasteiger partial charge on any atom is 0.142 e. The van der Waals surface area contributed by atoms with E-state index in [-0.39, 0.29) is 18.1 Å². The zero-order chi connectivity index (χ0) is 29.7. The summed E-state index contributed by atoms with van der Waals surface area (Å²) in [6, 6.07) is 15.0. The van der Waals surface area contributed by atoms with Gasteiger partial charge < -0.3 is 43.5 Å². The Bertz CT molecular complexity index is 1080. The van der Waals surface area contributed by atoms with Crippen LogP contribution in [-0.4, -0.2) is 110 Å². The summed E-state index contributed by atoms with van der Waals surface area (Å²) in [5.41, 5.74) is 3.52. The maximum absolute atomic E-state index is 6.72. The third-order valence-electron chi connectivity index (χ3n) is 8.68. The van der Waals surface area contributed by atoms with E-state index in [2.05, 4.69) is 57.6 Å². The molecule has 0 radical (unpaired) electrons. The van der Waals surface area contributed by atoms with Crippen LogP contribution in [0, 0.1) is 0 Å². The minimum absolute atomic E-state index is 0.0240. The lowest BCUT2D eigenvalue weighted by molar-refractivity contribution is -0.0622. The number of piperidine rings is 1. The van der Waals surface area contributed by atoms with Crippen LogP contribution in [0.4, 0.5) is 5.69 Å². The first-order valence-electron chi connectivity index (χ1n) is 16.1. The molecule has 2 saturated heterocycles. The topological polar surface area (TPSA) is 73.9 Å². The SMILES string of the molecule is COCCCOc1ccc(C2C(OCCN3CCCC3)CNC[C@@H]2OCc2ccc3c(c2)N(CCCOC)CCO3)cc1. The van der Waals surface area contributed by atoms with Crippen LogP contribution in [0.5, 0.6) is 11.5 Å². The number of rotatable bonds is 17. The molecular weight excluding hydrogens is 546 g/mol. The largest absolute Gasteiger partial charge is 0.494 e. The van der Waals surface area contributed by atoms with E-state index in [9.17, 15) is 0 Å². The summed E-state index contributed by atoms with van der Waals surface area (Å²) in [5.74, 6) is 1.94. The second kappa shape index (κ2) is 17.2. The monoisotopic (exact) mass is 597 g/mol. The number of methoxy groups -OCH3 is 2. The van der Waals surface area contributed by atoms with Crippen molar-refractivity contribution in [2.75, 3.05) is 98.0 Å². The Labute approximate surface area is 257 Å². The first-order chi connectivity index (χ1) is 21.2. The molecule has 0 spiro atoms. The van der Waals surface area contributed by atoms with Crippen LogP contribution >= 0.6 is 0 Å². The first-order valence-corrected chi connectivity index (χ1v) is 16.1. The molecule has 2 aromatic rings. The highest BCUT2D eigenvalue weighted by atomic mass is 16.5. The molecule has 43 heavy (non-hydrogen) atoms. The Hall–Kier alpha value is -2.40. The number of benzene rings is 2. The Balaban J connectivity index is 1.26. The van der Waals surface area contributed by atoms with Crippen LogP contribution in [0.3, 0.4) is 0 Å². The molecule has 0 aliphatic carbocycles. The Morgan fingerprint density at radius 2 is 1.58 bits per heavy atom. The van der Waals surface area contributed by atoms with Crippen LogP contribution in [0.15, 0.2) is 42.5 Å². The van der Waals surface area contributed by atoms with Gasteiger partial charge in [0.25, 0.3) is 0 Å². The fraction of sp³-hybridized carbons (Fsp3) is 0.647. The van der Waals surface area contributed by atoms with Gasteiger partial charge in [-0.2, -0.15) is 0 Å².